The fourth-order valence-electron chi connectivity index (χ4n) is 4.01. The molecule has 0 amide bonds. The number of nitrogens with one attached hydrogen (secondary N) is 2. The fraction of sp³-hybridized carbons (Fsp3) is 0.308. The highest BCUT2D eigenvalue weighted by atomic mass is 16.5. The summed E-state index contributed by atoms with van der Waals surface area (Å²) < 4.78 is 11.4. The number of hydrogen-bond acceptors (Lipinski definition) is 8. The van der Waals surface area contributed by atoms with E-state index in [1.807, 2.05) is 30.3 Å². The Kier molecular flexibility index (Phi) is 6.85. The molecule has 1 fully saturated rings. The zero-order valence-electron chi connectivity index (χ0n) is 20.0. The zero-order valence-corrected chi connectivity index (χ0v) is 20.0. The van der Waals surface area contributed by atoms with E-state index < -0.39 is 0 Å². The summed E-state index contributed by atoms with van der Waals surface area (Å²) in [6.07, 6.45) is 4.15. The van der Waals surface area contributed by atoms with Gasteiger partial charge < -0.3 is 19.4 Å². The molecule has 5 rings (SSSR count). The summed E-state index contributed by atoms with van der Waals surface area (Å²) in [6, 6.07) is 14.2. The number of fused-ring (bicyclic) bond motifs is 1. The van der Waals surface area contributed by atoms with Crippen LogP contribution in [0.25, 0.3) is 10.9 Å². The number of aryl methyl sites for hydroxylation is 2. The third kappa shape index (κ3) is 5.58. The Morgan fingerprint density at radius 1 is 1.14 bits per heavy atom. The number of pyridine rings is 1. The van der Waals surface area contributed by atoms with E-state index in [4.69, 9.17) is 9.47 Å². The van der Waals surface area contributed by atoms with Crippen molar-refractivity contribution in [2.45, 2.75) is 20.3 Å². The number of hydrazone groups is 1. The molecule has 0 spiro atoms. The Labute approximate surface area is 204 Å². The highest BCUT2D eigenvalue weighted by Crippen LogP contribution is 2.24. The van der Waals surface area contributed by atoms with Crippen LogP contribution in [0.5, 0.6) is 6.01 Å². The number of nitrogens with zero attached hydrogens (tertiary/aromatic N) is 5. The van der Waals surface area contributed by atoms with Gasteiger partial charge in [-0.3, -0.25) is 10.4 Å². The van der Waals surface area contributed by atoms with Gasteiger partial charge in [-0.25, -0.2) is 0 Å². The third-order valence-corrected chi connectivity index (χ3v) is 6.06. The molecule has 1 aliphatic heterocycles. The van der Waals surface area contributed by atoms with E-state index in [1.54, 1.807) is 12.4 Å². The lowest BCUT2D eigenvalue weighted by molar-refractivity contribution is 0.122. The van der Waals surface area contributed by atoms with Crippen LogP contribution in [-0.4, -0.2) is 59.1 Å². The Morgan fingerprint density at radius 3 is 2.86 bits per heavy atom. The molecule has 0 radical (unpaired) electrons. The van der Waals surface area contributed by atoms with Crippen molar-refractivity contribution in [3.8, 4) is 6.01 Å². The van der Waals surface area contributed by atoms with Gasteiger partial charge in [-0.1, -0.05) is 6.07 Å². The molecule has 0 atom stereocenters. The van der Waals surface area contributed by atoms with Crippen LogP contribution in [0.3, 0.4) is 0 Å². The number of H-pyrrole nitrogens is 1. The first-order valence-corrected chi connectivity index (χ1v) is 11.8. The summed E-state index contributed by atoms with van der Waals surface area (Å²) in [5.74, 6) is 0.803. The van der Waals surface area contributed by atoms with Gasteiger partial charge in [0.1, 0.15) is 5.82 Å². The number of aromatic amines is 1. The molecule has 9 nitrogen and oxygen atoms in total. The van der Waals surface area contributed by atoms with E-state index in [9.17, 15) is 0 Å². The van der Waals surface area contributed by atoms with Crippen molar-refractivity contribution < 1.29 is 9.47 Å². The van der Waals surface area contributed by atoms with Gasteiger partial charge >= 0.3 is 6.01 Å². The van der Waals surface area contributed by atoms with Crippen molar-refractivity contribution in [2.75, 3.05) is 43.2 Å². The first-order valence-electron chi connectivity index (χ1n) is 11.8. The van der Waals surface area contributed by atoms with Crippen molar-refractivity contribution in [1.82, 2.24) is 19.9 Å². The third-order valence-electron chi connectivity index (χ3n) is 6.06. The van der Waals surface area contributed by atoms with Crippen LogP contribution < -0.4 is 15.1 Å². The van der Waals surface area contributed by atoms with Crippen LogP contribution in [-0.2, 0) is 11.2 Å². The first-order chi connectivity index (χ1) is 17.2. The van der Waals surface area contributed by atoms with Crippen molar-refractivity contribution in [1.29, 1.82) is 0 Å². The molecule has 0 bridgehead atoms. The lowest BCUT2D eigenvalue weighted by Gasteiger charge is -2.28. The molecule has 180 valence electrons. The maximum Gasteiger partial charge on any atom is 0.318 e. The molecule has 4 heterocycles. The van der Waals surface area contributed by atoms with E-state index in [1.165, 1.54) is 16.6 Å². The first kappa shape index (κ1) is 22.8. The predicted molar refractivity (Wildman–Crippen MR) is 137 cm³/mol. The van der Waals surface area contributed by atoms with Gasteiger partial charge in [0.25, 0.3) is 0 Å². The molecule has 9 heteroatoms. The highest BCUT2D eigenvalue weighted by molar-refractivity contribution is 5.87. The van der Waals surface area contributed by atoms with Crippen molar-refractivity contribution in [3.05, 3.63) is 71.3 Å². The second kappa shape index (κ2) is 10.5. The summed E-state index contributed by atoms with van der Waals surface area (Å²) in [5.41, 5.74) is 9.19. The summed E-state index contributed by atoms with van der Waals surface area (Å²) in [4.78, 5) is 19.1. The Morgan fingerprint density at radius 2 is 2.03 bits per heavy atom. The number of anilines is 2. The number of rotatable bonds is 8. The maximum absolute atomic E-state index is 5.90. The smallest absolute Gasteiger partial charge is 0.318 e. The molecular formula is C26H29N7O2. The lowest BCUT2D eigenvalue weighted by Crippen LogP contribution is -2.37. The molecule has 2 N–H and O–H groups in total. The van der Waals surface area contributed by atoms with Crippen LogP contribution in [0.1, 0.15) is 22.6 Å². The largest absolute Gasteiger partial charge is 0.463 e. The van der Waals surface area contributed by atoms with Crippen LogP contribution in [0.2, 0.25) is 0 Å². The molecule has 0 unspecified atom stereocenters. The highest BCUT2D eigenvalue weighted by Gasteiger charge is 2.15. The molecular weight excluding hydrogens is 442 g/mol. The maximum atomic E-state index is 5.90. The normalized spacial score (nSPS) is 14.1. The second-order valence-corrected chi connectivity index (χ2v) is 8.46. The predicted octanol–water partition coefficient (Wildman–Crippen LogP) is 3.87. The molecule has 3 aromatic heterocycles. The monoisotopic (exact) mass is 471 g/mol. The van der Waals surface area contributed by atoms with Crippen molar-refractivity contribution >= 4 is 28.6 Å². The van der Waals surface area contributed by atoms with Crippen LogP contribution in [0, 0.1) is 13.8 Å². The topological polar surface area (TPSA) is 101 Å². The zero-order chi connectivity index (χ0) is 24.0. The Bertz CT molecular complexity index is 1310. The van der Waals surface area contributed by atoms with E-state index in [0.717, 1.165) is 35.8 Å². The quantitative estimate of drug-likeness (QED) is 0.297. The molecule has 4 aromatic rings. The van der Waals surface area contributed by atoms with E-state index in [2.05, 4.69) is 61.3 Å². The number of ether oxygens (including phenoxy) is 2. The van der Waals surface area contributed by atoms with Gasteiger partial charge in [-0.2, -0.15) is 15.1 Å². The average molecular weight is 472 g/mol. The number of aromatic nitrogens is 4. The van der Waals surface area contributed by atoms with Gasteiger partial charge in [-0.15, -0.1) is 0 Å². The van der Waals surface area contributed by atoms with Gasteiger partial charge in [-0.05, 0) is 49.7 Å². The lowest BCUT2D eigenvalue weighted by atomic mass is 10.1. The van der Waals surface area contributed by atoms with E-state index in [-0.39, 0.29) is 0 Å². The summed E-state index contributed by atoms with van der Waals surface area (Å²) in [5, 5.41) is 5.61. The second-order valence-electron chi connectivity index (χ2n) is 8.46. The molecule has 1 saturated heterocycles. The van der Waals surface area contributed by atoms with Gasteiger partial charge in [0.2, 0.25) is 0 Å². The number of benzene rings is 1. The Hall–Kier alpha value is -3.98. The summed E-state index contributed by atoms with van der Waals surface area (Å²) in [7, 11) is 0. The van der Waals surface area contributed by atoms with Crippen molar-refractivity contribution in [3.63, 3.8) is 0 Å². The molecule has 0 saturated carbocycles. The fourth-order valence-corrected chi connectivity index (χ4v) is 4.01. The molecule has 0 aliphatic carbocycles. The van der Waals surface area contributed by atoms with Crippen LogP contribution in [0.15, 0.2) is 53.8 Å². The minimum Gasteiger partial charge on any atom is -0.463 e. The minimum atomic E-state index is 0.325. The van der Waals surface area contributed by atoms with E-state index >= 15 is 0 Å². The Balaban J connectivity index is 1.32. The van der Waals surface area contributed by atoms with E-state index in [0.29, 0.717) is 37.9 Å². The minimum absolute atomic E-state index is 0.325. The van der Waals surface area contributed by atoms with Gasteiger partial charge in [0.15, 0.2) is 0 Å². The molecule has 35 heavy (non-hydrogen) atoms. The van der Waals surface area contributed by atoms with Gasteiger partial charge in [0.05, 0.1) is 37.4 Å². The standard InChI is InChI=1S/C26H29N7O2/c1-18-19(2)29-24-7-6-21(15-23(18)24)32-28-17-22-16-25(33-10-13-34-14-11-33)31-26(30-22)35-12-8-20-5-3-4-9-27-20/h3-7,9,15-17,29,32H,8,10-14H2,1-2H3/b28-17+. The average Bonchev–Trinajstić information content (AvgIpc) is 3.18. The molecule has 1 aromatic carbocycles. The van der Waals surface area contributed by atoms with Crippen LogP contribution in [0.4, 0.5) is 11.5 Å². The number of hydrogen-bond donors (Lipinski definition) is 2. The summed E-state index contributed by atoms with van der Waals surface area (Å²) in [6.45, 7) is 7.52. The summed E-state index contributed by atoms with van der Waals surface area (Å²) >= 11 is 0. The van der Waals surface area contributed by atoms with Gasteiger partial charge in [0, 0.05) is 54.1 Å². The molecule has 1 aliphatic rings. The van der Waals surface area contributed by atoms with Crippen molar-refractivity contribution in [2.24, 2.45) is 5.10 Å². The van der Waals surface area contributed by atoms with Crippen LogP contribution >= 0.6 is 0 Å². The number of morpholine rings is 1. The SMILES string of the molecule is Cc1[nH]c2ccc(N/N=C/c3cc(N4CCOCC4)nc(OCCc4ccccn4)n3)cc2c1C.